The summed E-state index contributed by atoms with van der Waals surface area (Å²) >= 11 is 0. The van der Waals surface area contributed by atoms with Gasteiger partial charge in [-0.3, -0.25) is 9.59 Å². The van der Waals surface area contributed by atoms with Crippen molar-refractivity contribution in [3.05, 3.63) is 0 Å². The molecular weight excluding hydrogens is 236 g/mol. The molecule has 0 N–H and O–H groups in total. The topological polar surface area (TPSA) is 77.3 Å². The summed E-state index contributed by atoms with van der Waals surface area (Å²) in [5.41, 5.74) is -2.05. The molecule has 2 unspecified atom stereocenters. The Balaban J connectivity index is 4.94. The summed E-state index contributed by atoms with van der Waals surface area (Å²) in [5.74, 6) is -0.854. The van der Waals surface area contributed by atoms with Crippen molar-refractivity contribution in [1.29, 1.82) is 0 Å². The van der Waals surface area contributed by atoms with Crippen LogP contribution in [0.25, 0.3) is 0 Å². The summed E-state index contributed by atoms with van der Waals surface area (Å²) in [5, 5.41) is 8.03. The molecule has 0 amide bonds. The van der Waals surface area contributed by atoms with Crippen molar-refractivity contribution in [3.63, 3.8) is 0 Å². The molecule has 0 aliphatic carbocycles. The van der Waals surface area contributed by atoms with Gasteiger partial charge in [-0.1, -0.05) is 13.8 Å². The Morgan fingerprint density at radius 3 is 1.33 bits per heavy atom. The first kappa shape index (κ1) is 16.5. The number of carbonyl (C=O) groups excluding carboxylic acids is 2. The molecule has 0 aromatic carbocycles. The second kappa shape index (κ2) is 6.47. The summed E-state index contributed by atoms with van der Waals surface area (Å²) in [6, 6.07) is 0. The van der Waals surface area contributed by atoms with Gasteiger partial charge in [0.05, 0.1) is 0 Å². The van der Waals surface area contributed by atoms with Crippen molar-refractivity contribution in [2.24, 2.45) is 10.2 Å². The molecule has 2 atom stereocenters. The Morgan fingerprint density at radius 2 is 1.17 bits per heavy atom. The highest BCUT2D eigenvalue weighted by Crippen LogP contribution is 2.23. The molecule has 0 aromatic rings. The van der Waals surface area contributed by atoms with E-state index in [0.717, 1.165) is 0 Å². The van der Waals surface area contributed by atoms with Crippen LogP contribution in [-0.4, -0.2) is 23.4 Å². The van der Waals surface area contributed by atoms with Crippen LogP contribution in [-0.2, 0) is 19.1 Å². The van der Waals surface area contributed by atoms with E-state index in [-0.39, 0.29) is 0 Å². The maximum absolute atomic E-state index is 11.0. The Bertz CT molecular complexity index is 311. The first-order chi connectivity index (χ1) is 8.16. The number of esters is 2. The van der Waals surface area contributed by atoms with E-state index in [1.165, 1.54) is 13.8 Å². The zero-order valence-electron chi connectivity index (χ0n) is 11.9. The molecule has 0 rings (SSSR count). The minimum Gasteiger partial charge on any atom is -0.436 e. The Hall–Kier alpha value is -1.46. The third-order valence-corrected chi connectivity index (χ3v) is 2.51. The van der Waals surface area contributed by atoms with Gasteiger partial charge in [0.15, 0.2) is 0 Å². The van der Waals surface area contributed by atoms with Crippen LogP contribution in [0.3, 0.4) is 0 Å². The van der Waals surface area contributed by atoms with Crippen LogP contribution in [0.1, 0.15) is 54.4 Å². The molecule has 6 nitrogen and oxygen atoms in total. The minimum atomic E-state index is -1.03. The number of nitrogens with zero attached hydrogens (tertiary/aromatic N) is 2. The van der Waals surface area contributed by atoms with E-state index in [1.807, 2.05) is 13.8 Å². The molecule has 0 spiro atoms. The van der Waals surface area contributed by atoms with Gasteiger partial charge in [0.2, 0.25) is 11.4 Å². The van der Waals surface area contributed by atoms with Crippen molar-refractivity contribution >= 4 is 11.9 Å². The molecule has 0 aromatic heterocycles. The molecule has 6 heteroatoms. The predicted molar refractivity (Wildman–Crippen MR) is 65.8 cm³/mol. The van der Waals surface area contributed by atoms with Crippen molar-refractivity contribution in [2.45, 2.75) is 65.8 Å². The fraction of sp³-hybridized carbons (Fsp3) is 0.833. The Morgan fingerprint density at radius 1 is 0.889 bits per heavy atom. The van der Waals surface area contributed by atoms with Gasteiger partial charge in [0, 0.05) is 26.7 Å². The maximum atomic E-state index is 11.0. The quantitative estimate of drug-likeness (QED) is 0.542. The Labute approximate surface area is 108 Å². The molecule has 0 fully saturated rings. The fourth-order valence-corrected chi connectivity index (χ4v) is 1.16. The van der Waals surface area contributed by atoms with E-state index in [4.69, 9.17) is 9.47 Å². The number of azo groups is 1. The average Bonchev–Trinajstić information content (AvgIpc) is 2.25. The first-order valence-electron chi connectivity index (χ1n) is 5.99. The van der Waals surface area contributed by atoms with Crippen molar-refractivity contribution in [2.75, 3.05) is 0 Å². The Kier molecular flexibility index (Phi) is 5.94. The highest BCUT2D eigenvalue weighted by molar-refractivity contribution is 5.66. The van der Waals surface area contributed by atoms with Crippen LogP contribution < -0.4 is 0 Å². The second-order valence-electron chi connectivity index (χ2n) is 4.44. The lowest BCUT2D eigenvalue weighted by atomic mass is 10.2. The van der Waals surface area contributed by atoms with Crippen LogP contribution >= 0.6 is 0 Å². The molecule has 0 heterocycles. The average molecular weight is 258 g/mol. The molecule has 0 bridgehead atoms. The minimum absolute atomic E-state index is 0.427. The van der Waals surface area contributed by atoms with E-state index in [0.29, 0.717) is 12.8 Å². The van der Waals surface area contributed by atoms with Crippen LogP contribution in [0.15, 0.2) is 10.2 Å². The standard InChI is InChI=1S/C12H22N2O4/c1-7-11(5,17-9(3)15)13-14-12(6,8-2)18-10(4)16/h7-8H2,1-6H3. The van der Waals surface area contributed by atoms with Gasteiger partial charge in [-0.25, -0.2) is 0 Å². The summed E-state index contributed by atoms with van der Waals surface area (Å²) < 4.78 is 10.2. The molecule has 0 aliphatic heterocycles. The van der Waals surface area contributed by atoms with E-state index in [9.17, 15) is 9.59 Å². The monoisotopic (exact) mass is 258 g/mol. The lowest BCUT2D eigenvalue weighted by molar-refractivity contribution is -0.160. The molecule has 18 heavy (non-hydrogen) atoms. The summed E-state index contributed by atoms with van der Waals surface area (Å²) in [7, 11) is 0. The van der Waals surface area contributed by atoms with Crippen molar-refractivity contribution in [3.8, 4) is 0 Å². The fourth-order valence-electron chi connectivity index (χ4n) is 1.16. The van der Waals surface area contributed by atoms with Gasteiger partial charge >= 0.3 is 11.9 Å². The van der Waals surface area contributed by atoms with E-state index in [1.54, 1.807) is 13.8 Å². The SMILES string of the molecule is CCC(C)(N=NC(C)(CC)OC(C)=O)OC(C)=O. The van der Waals surface area contributed by atoms with Gasteiger partial charge in [-0.15, -0.1) is 10.2 Å². The molecule has 0 saturated carbocycles. The molecule has 104 valence electrons. The highest BCUT2D eigenvalue weighted by atomic mass is 16.6. The molecular formula is C12H22N2O4. The van der Waals surface area contributed by atoms with Gasteiger partial charge in [0.25, 0.3) is 0 Å². The van der Waals surface area contributed by atoms with Gasteiger partial charge in [0.1, 0.15) is 0 Å². The van der Waals surface area contributed by atoms with Gasteiger partial charge in [-0.2, -0.15) is 0 Å². The summed E-state index contributed by atoms with van der Waals surface area (Å²) in [6.45, 7) is 9.60. The van der Waals surface area contributed by atoms with Crippen LogP contribution in [0.5, 0.6) is 0 Å². The van der Waals surface area contributed by atoms with Crippen LogP contribution in [0.2, 0.25) is 0 Å². The van der Waals surface area contributed by atoms with Crippen LogP contribution in [0, 0.1) is 0 Å². The zero-order valence-corrected chi connectivity index (χ0v) is 11.9. The molecule has 0 aliphatic rings. The summed E-state index contributed by atoms with van der Waals surface area (Å²) in [6.07, 6.45) is 0.964. The maximum Gasteiger partial charge on any atom is 0.304 e. The van der Waals surface area contributed by atoms with E-state index < -0.39 is 23.4 Å². The van der Waals surface area contributed by atoms with E-state index >= 15 is 0 Å². The second-order valence-corrected chi connectivity index (χ2v) is 4.44. The number of ether oxygens (including phenoxy) is 2. The predicted octanol–water partition coefficient (Wildman–Crippen LogP) is 2.82. The number of carbonyl (C=O) groups is 2. The largest absolute Gasteiger partial charge is 0.436 e. The highest BCUT2D eigenvalue weighted by Gasteiger charge is 2.29. The zero-order chi connectivity index (χ0) is 14.4. The van der Waals surface area contributed by atoms with Crippen molar-refractivity contribution in [1.82, 2.24) is 0 Å². The lowest BCUT2D eigenvalue weighted by Gasteiger charge is -2.26. The van der Waals surface area contributed by atoms with Gasteiger partial charge < -0.3 is 9.47 Å². The molecule has 0 saturated heterocycles. The summed E-state index contributed by atoms with van der Waals surface area (Å²) in [4.78, 5) is 22.0. The van der Waals surface area contributed by atoms with E-state index in [2.05, 4.69) is 10.2 Å². The third kappa shape index (κ3) is 5.75. The van der Waals surface area contributed by atoms with Crippen molar-refractivity contribution < 1.29 is 19.1 Å². The van der Waals surface area contributed by atoms with Gasteiger partial charge in [-0.05, 0) is 13.8 Å². The smallest absolute Gasteiger partial charge is 0.304 e. The molecule has 0 radical (unpaired) electrons. The van der Waals surface area contributed by atoms with Crippen LogP contribution in [0.4, 0.5) is 0 Å². The number of rotatable bonds is 6. The lowest BCUT2D eigenvalue weighted by Crippen LogP contribution is -2.31. The normalized spacial score (nSPS) is 17.9. The first-order valence-corrected chi connectivity index (χ1v) is 5.99. The number of hydrogen-bond acceptors (Lipinski definition) is 6. The third-order valence-electron chi connectivity index (χ3n) is 2.51. The number of hydrogen-bond donors (Lipinski definition) is 0.